The van der Waals surface area contributed by atoms with Gasteiger partial charge in [-0.05, 0) is 18.3 Å². The van der Waals surface area contributed by atoms with Gasteiger partial charge >= 0.3 is 9.28 Å². The van der Waals surface area contributed by atoms with Gasteiger partial charge in [0, 0.05) is 19.3 Å². The molecule has 1 unspecified atom stereocenters. The van der Waals surface area contributed by atoms with Gasteiger partial charge in [-0.15, -0.1) is 0 Å². The van der Waals surface area contributed by atoms with Crippen molar-refractivity contribution in [2.45, 2.75) is 57.9 Å². The van der Waals surface area contributed by atoms with Crippen LogP contribution >= 0.6 is 0 Å². The fourth-order valence-electron chi connectivity index (χ4n) is 2.99. The average molecular weight is 244 g/mol. The molecule has 2 nitrogen and oxygen atoms in total. The zero-order valence-corrected chi connectivity index (χ0v) is 12.7. The Morgan fingerprint density at radius 3 is 2.12 bits per heavy atom. The summed E-state index contributed by atoms with van der Waals surface area (Å²) in [4.78, 5) is 0. The highest BCUT2D eigenvalue weighted by molar-refractivity contribution is 6.48. The average Bonchev–Trinajstić information content (AvgIpc) is 2.71. The number of hydrogen-bond donors (Lipinski definition) is 0. The largest absolute Gasteiger partial charge is 0.400 e. The van der Waals surface area contributed by atoms with Gasteiger partial charge < -0.3 is 8.85 Å². The Kier molecular flexibility index (Phi) is 5.48. The number of rotatable bonds is 6. The molecule has 3 heteroatoms. The summed E-state index contributed by atoms with van der Waals surface area (Å²) in [6.07, 6.45) is 7.10. The second-order valence-corrected chi connectivity index (χ2v) is 9.01. The molecule has 1 rings (SSSR count). The summed E-state index contributed by atoms with van der Waals surface area (Å²) in [6, 6.07) is 0. The zero-order chi connectivity index (χ0) is 12.2. The third-order valence-electron chi connectivity index (χ3n) is 4.47. The standard InChI is InChI=1S/C13H28O2Si/c1-11(10-12-8-6-7-9-12)13(2,3)16(14-4)15-5/h11-12,16H,6-10H2,1-5H3. The van der Waals surface area contributed by atoms with Crippen molar-refractivity contribution >= 4 is 9.28 Å². The molecular weight excluding hydrogens is 216 g/mol. The van der Waals surface area contributed by atoms with Crippen molar-refractivity contribution in [3.8, 4) is 0 Å². The van der Waals surface area contributed by atoms with Crippen LogP contribution < -0.4 is 0 Å². The molecule has 1 saturated carbocycles. The van der Waals surface area contributed by atoms with Crippen LogP contribution in [0.2, 0.25) is 5.04 Å². The Balaban J connectivity index is 2.51. The maximum atomic E-state index is 5.57. The molecular formula is C13H28O2Si. The quantitative estimate of drug-likeness (QED) is 0.666. The van der Waals surface area contributed by atoms with Gasteiger partial charge in [-0.25, -0.2) is 0 Å². The number of hydrogen-bond acceptors (Lipinski definition) is 2. The minimum Gasteiger partial charge on any atom is -0.400 e. The summed E-state index contributed by atoms with van der Waals surface area (Å²) >= 11 is 0. The van der Waals surface area contributed by atoms with E-state index in [1.165, 1.54) is 32.1 Å². The molecule has 1 atom stereocenters. The SMILES string of the molecule is CO[SiH](OC)C(C)(C)C(C)CC1CCCC1. The molecule has 1 aliphatic carbocycles. The van der Waals surface area contributed by atoms with Crippen LogP contribution in [-0.2, 0) is 8.85 Å². The Hall–Kier alpha value is 0.137. The molecule has 0 spiro atoms. The van der Waals surface area contributed by atoms with E-state index in [4.69, 9.17) is 8.85 Å². The van der Waals surface area contributed by atoms with Crippen LogP contribution in [0.25, 0.3) is 0 Å². The van der Waals surface area contributed by atoms with Crippen molar-refractivity contribution < 1.29 is 8.85 Å². The van der Waals surface area contributed by atoms with E-state index in [1.54, 1.807) is 14.2 Å². The van der Waals surface area contributed by atoms with Gasteiger partial charge in [0.05, 0.1) is 0 Å². The summed E-state index contributed by atoms with van der Waals surface area (Å²) in [5, 5.41) is 0.228. The third-order valence-corrected chi connectivity index (χ3v) is 7.11. The normalized spacial score (nSPS) is 20.6. The highest BCUT2D eigenvalue weighted by Crippen LogP contribution is 2.43. The molecule has 0 saturated heterocycles. The van der Waals surface area contributed by atoms with E-state index in [0.717, 1.165) is 5.92 Å². The highest BCUT2D eigenvalue weighted by Gasteiger charge is 2.39. The van der Waals surface area contributed by atoms with Gasteiger partial charge in [0.15, 0.2) is 0 Å². The van der Waals surface area contributed by atoms with Crippen molar-refractivity contribution in [2.24, 2.45) is 11.8 Å². The first kappa shape index (κ1) is 14.2. The van der Waals surface area contributed by atoms with Crippen molar-refractivity contribution in [2.75, 3.05) is 14.2 Å². The lowest BCUT2D eigenvalue weighted by Crippen LogP contribution is -2.37. The Morgan fingerprint density at radius 1 is 1.19 bits per heavy atom. The fourth-order valence-corrected chi connectivity index (χ4v) is 4.99. The molecule has 0 aliphatic heterocycles. The third kappa shape index (κ3) is 3.31. The van der Waals surface area contributed by atoms with E-state index >= 15 is 0 Å². The van der Waals surface area contributed by atoms with Gasteiger partial charge in [-0.3, -0.25) is 0 Å². The van der Waals surface area contributed by atoms with Gasteiger partial charge in [-0.1, -0.05) is 46.5 Å². The summed E-state index contributed by atoms with van der Waals surface area (Å²) in [5.41, 5.74) is 0. The molecule has 16 heavy (non-hydrogen) atoms. The smallest absolute Gasteiger partial charge is 0.327 e. The molecule has 0 heterocycles. The monoisotopic (exact) mass is 244 g/mol. The first-order valence-electron chi connectivity index (χ1n) is 6.58. The predicted octanol–water partition coefficient (Wildman–Crippen LogP) is 3.50. The molecule has 0 aromatic heterocycles. The minimum absolute atomic E-state index is 0.228. The lowest BCUT2D eigenvalue weighted by molar-refractivity contribution is 0.210. The molecule has 96 valence electrons. The van der Waals surface area contributed by atoms with E-state index in [9.17, 15) is 0 Å². The van der Waals surface area contributed by atoms with Crippen LogP contribution in [0.4, 0.5) is 0 Å². The molecule has 0 bridgehead atoms. The van der Waals surface area contributed by atoms with Crippen molar-refractivity contribution in [3.05, 3.63) is 0 Å². The Bertz CT molecular complexity index is 196. The topological polar surface area (TPSA) is 18.5 Å². The molecule has 1 aliphatic rings. The van der Waals surface area contributed by atoms with Gasteiger partial charge in [-0.2, -0.15) is 0 Å². The summed E-state index contributed by atoms with van der Waals surface area (Å²) in [7, 11) is 2.07. The second-order valence-electron chi connectivity index (χ2n) is 5.91. The van der Waals surface area contributed by atoms with E-state index in [0.29, 0.717) is 5.92 Å². The van der Waals surface area contributed by atoms with Crippen LogP contribution in [0.1, 0.15) is 52.9 Å². The molecule has 0 N–H and O–H groups in total. The maximum Gasteiger partial charge on any atom is 0.327 e. The molecule has 0 amide bonds. The summed E-state index contributed by atoms with van der Waals surface area (Å²) in [6.45, 7) is 7.00. The first-order valence-corrected chi connectivity index (χ1v) is 8.10. The van der Waals surface area contributed by atoms with Crippen molar-refractivity contribution in [1.29, 1.82) is 0 Å². The molecule has 0 aromatic carbocycles. The highest BCUT2D eigenvalue weighted by atomic mass is 28.3. The lowest BCUT2D eigenvalue weighted by Gasteiger charge is -2.37. The van der Waals surface area contributed by atoms with Crippen LogP contribution in [-0.4, -0.2) is 23.5 Å². The minimum atomic E-state index is -1.52. The Morgan fingerprint density at radius 2 is 1.69 bits per heavy atom. The van der Waals surface area contributed by atoms with E-state index in [2.05, 4.69) is 20.8 Å². The Labute approximate surface area is 103 Å². The van der Waals surface area contributed by atoms with Crippen LogP contribution in [0.3, 0.4) is 0 Å². The molecule has 0 radical (unpaired) electrons. The van der Waals surface area contributed by atoms with E-state index in [-0.39, 0.29) is 5.04 Å². The summed E-state index contributed by atoms with van der Waals surface area (Å²) in [5.74, 6) is 1.66. The molecule has 0 aromatic rings. The lowest BCUT2D eigenvalue weighted by atomic mass is 9.86. The van der Waals surface area contributed by atoms with Crippen LogP contribution in [0.5, 0.6) is 0 Å². The van der Waals surface area contributed by atoms with Gasteiger partial charge in [0.1, 0.15) is 0 Å². The van der Waals surface area contributed by atoms with Crippen LogP contribution in [0, 0.1) is 11.8 Å². The van der Waals surface area contributed by atoms with Gasteiger partial charge in [0.25, 0.3) is 0 Å². The van der Waals surface area contributed by atoms with E-state index in [1.807, 2.05) is 0 Å². The summed E-state index contributed by atoms with van der Waals surface area (Å²) < 4.78 is 11.1. The predicted molar refractivity (Wildman–Crippen MR) is 70.9 cm³/mol. The fraction of sp³-hybridized carbons (Fsp3) is 1.00. The molecule has 1 fully saturated rings. The van der Waals surface area contributed by atoms with Crippen molar-refractivity contribution in [1.82, 2.24) is 0 Å². The maximum absolute atomic E-state index is 5.57. The first-order chi connectivity index (χ1) is 7.52. The second kappa shape index (κ2) is 6.17. The van der Waals surface area contributed by atoms with Crippen LogP contribution in [0.15, 0.2) is 0 Å². The van der Waals surface area contributed by atoms with Crippen molar-refractivity contribution in [3.63, 3.8) is 0 Å². The zero-order valence-electron chi connectivity index (χ0n) is 11.6. The van der Waals surface area contributed by atoms with E-state index < -0.39 is 9.28 Å². The van der Waals surface area contributed by atoms with Gasteiger partial charge in [0.2, 0.25) is 0 Å².